The Kier molecular flexibility index (Phi) is 6.95. The van der Waals surface area contributed by atoms with Crippen LogP contribution in [0.1, 0.15) is 12.5 Å². The lowest BCUT2D eigenvalue weighted by atomic mass is 10.2. The number of amides is 1. The van der Waals surface area contributed by atoms with Gasteiger partial charge in [0.15, 0.2) is 6.04 Å². The fourth-order valence-electron chi connectivity index (χ4n) is 3.42. The number of piperazine rings is 1. The minimum Gasteiger partial charge on any atom is -0.323 e. The van der Waals surface area contributed by atoms with Crippen LogP contribution in [0.25, 0.3) is 0 Å². The van der Waals surface area contributed by atoms with E-state index in [0.29, 0.717) is 29.9 Å². The van der Waals surface area contributed by atoms with Crippen molar-refractivity contribution in [2.75, 3.05) is 31.5 Å². The van der Waals surface area contributed by atoms with E-state index in [1.165, 1.54) is 0 Å². The van der Waals surface area contributed by atoms with E-state index in [1.807, 2.05) is 0 Å². The molecule has 0 spiro atoms. The standard InChI is InChI=1S/C20H21ClF3N3O3S/c1-14(19(28)25-18-8-3-2-7-17(18)21)26-9-11-27(12-10-26)31(29,30)16-6-4-5-15(13-16)20(22,23)24/h2-8,13-14H,9-12H2,1H3,(H,25,28)/p+1. The Balaban J connectivity index is 1.64. The van der Waals surface area contributed by atoms with Crippen LogP contribution >= 0.6 is 11.6 Å². The largest absolute Gasteiger partial charge is 0.416 e. The molecule has 1 saturated heterocycles. The zero-order valence-electron chi connectivity index (χ0n) is 16.6. The van der Waals surface area contributed by atoms with Crippen LogP contribution in [-0.4, -0.2) is 50.9 Å². The zero-order chi connectivity index (χ0) is 22.8. The lowest BCUT2D eigenvalue weighted by Gasteiger charge is -2.34. The molecule has 6 nitrogen and oxygen atoms in total. The summed E-state index contributed by atoms with van der Waals surface area (Å²) in [6.07, 6.45) is -4.63. The highest BCUT2D eigenvalue weighted by Crippen LogP contribution is 2.31. The fraction of sp³-hybridized carbons (Fsp3) is 0.350. The number of carbonyl (C=O) groups excluding carboxylic acids is 1. The molecule has 31 heavy (non-hydrogen) atoms. The first-order valence-corrected chi connectivity index (χ1v) is 11.4. The first kappa shape index (κ1) is 23.5. The van der Waals surface area contributed by atoms with Gasteiger partial charge >= 0.3 is 6.18 Å². The number of hydrogen-bond acceptors (Lipinski definition) is 3. The number of nitrogens with one attached hydrogen (secondary N) is 2. The molecule has 1 aliphatic heterocycles. The van der Waals surface area contributed by atoms with E-state index >= 15 is 0 Å². The summed E-state index contributed by atoms with van der Waals surface area (Å²) in [5.41, 5.74) is -0.520. The second kappa shape index (κ2) is 9.15. The summed E-state index contributed by atoms with van der Waals surface area (Å²) < 4.78 is 65.6. The number of para-hydroxylation sites is 1. The van der Waals surface area contributed by atoms with Crippen molar-refractivity contribution < 1.29 is 31.3 Å². The van der Waals surface area contributed by atoms with E-state index in [1.54, 1.807) is 31.2 Å². The SMILES string of the molecule is CC(C(=O)Nc1ccccc1Cl)[NH+]1CCN(S(=O)(=O)c2cccc(C(F)(F)F)c2)CC1. The van der Waals surface area contributed by atoms with E-state index in [2.05, 4.69) is 5.32 Å². The summed E-state index contributed by atoms with van der Waals surface area (Å²) in [6.45, 7) is 2.61. The number of sulfonamides is 1. The number of hydrogen-bond donors (Lipinski definition) is 2. The quantitative estimate of drug-likeness (QED) is 0.695. The van der Waals surface area contributed by atoms with Crippen molar-refractivity contribution in [2.45, 2.75) is 24.0 Å². The van der Waals surface area contributed by atoms with E-state index in [0.717, 1.165) is 27.4 Å². The first-order valence-electron chi connectivity index (χ1n) is 9.57. The van der Waals surface area contributed by atoms with Crippen LogP contribution in [0.4, 0.5) is 18.9 Å². The number of alkyl halides is 3. The van der Waals surface area contributed by atoms with Gasteiger partial charge in [0.2, 0.25) is 10.0 Å². The predicted octanol–water partition coefficient (Wildman–Crippen LogP) is 2.28. The molecule has 1 heterocycles. The van der Waals surface area contributed by atoms with Crippen LogP contribution in [0, 0.1) is 0 Å². The fourth-order valence-corrected chi connectivity index (χ4v) is 5.09. The monoisotopic (exact) mass is 476 g/mol. The maximum Gasteiger partial charge on any atom is 0.416 e. The Morgan fingerprint density at radius 3 is 2.39 bits per heavy atom. The second-order valence-electron chi connectivity index (χ2n) is 7.28. The molecule has 2 aromatic rings. The average molecular weight is 477 g/mol. The Labute approximate surface area is 183 Å². The Morgan fingerprint density at radius 1 is 1.13 bits per heavy atom. The van der Waals surface area contributed by atoms with E-state index < -0.39 is 32.7 Å². The summed E-state index contributed by atoms with van der Waals surface area (Å²) in [7, 11) is -4.07. The third-order valence-electron chi connectivity index (χ3n) is 5.30. The van der Waals surface area contributed by atoms with Gasteiger partial charge in [0.25, 0.3) is 5.91 Å². The molecule has 2 N–H and O–H groups in total. The van der Waals surface area contributed by atoms with Crippen LogP contribution in [-0.2, 0) is 21.0 Å². The molecule has 1 amide bonds. The van der Waals surface area contributed by atoms with Gasteiger partial charge in [0.05, 0.1) is 47.3 Å². The zero-order valence-corrected chi connectivity index (χ0v) is 18.2. The summed E-state index contributed by atoms with van der Waals surface area (Å²) in [4.78, 5) is 13.0. The molecule has 0 radical (unpaired) electrons. The molecular weight excluding hydrogens is 455 g/mol. The molecule has 1 unspecified atom stereocenters. The van der Waals surface area contributed by atoms with Crippen molar-refractivity contribution in [3.8, 4) is 0 Å². The van der Waals surface area contributed by atoms with Crippen molar-refractivity contribution in [2.24, 2.45) is 0 Å². The van der Waals surface area contributed by atoms with Gasteiger partial charge in [-0.1, -0.05) is 29.8 Å². The molecule has 0 saturated carbocycles. The highest BCUT2D eigenvalue weighted by Gasteiger charge is 2.36. The summed E-state index contributed by atoms with van der Waals surface area (Å²) in [5, 5.41) is 3.18. The molecule has 0 bridgehead atoms. The van der Waals surface area contributed by atoms with Crippen LogP contribution in [0.15, 0.2) is 53.4 Å². The molecule has 1 aliphatic rings. The highest BCUT2D eigenvalue weighted by atomic mass is 35.5. The van der Waals surface area contributed by atoms with Gasteiger partial charge in [0.1, 0.15) is 0 Å². The Bertz CT molecular complexity index is 1050. The Hall–Kier alpha value is -2.14. The normalized spacial score (nSPS) is 17.3. The molecule has 3 rings (SSSR count). The number of quaternary nitrogens is 1. The third kappa shape index (κ3) is 5.38. The molecule has 0 aromatic heterocycles. The minimum atomic E-state index is -4.63. The summed E-state index contributed by atoms with van der Waals surface area (Å²) in [6, 6.07) is 10.1. The van der Waals surface area contributed by atoms with E-state index in [9.17, 15) is 26.4 Å². The third-order valence-corrected chi connectivity index (χ3v) is 7.53. The maximum atomic E-state index is 12.9. The smallest absolute Gasteiger partial charge is 0.323 e. The molecular formula is C20H22ClF3N3O3S+. The first-order chi connectivity index (χ1) is 14.5. The Morgan fingerprint density at radius 2 is 1.77 bits per heavy atom. The average Bonchev–Trinajstić information content (AvgIpc) is 2.74. The van der Waals surface area contributed by atoms with Crippen molar-refractivity contribution in [1.29, 1.82) is 0 Å². The number of rotatable bonds is 5. The van der Waals surface area contributed by atoms with Crippen LogP contribution in [0.5, 0.6) is 0 Å². The van der Waals surface area contributed by atoms with Crippen molar-refractivity contribution in [3.05, 3.63) is 59.1 Å². The lowest BCUT2D eigenvalue weighted by molar-refractivity contribution is -0.917. The molecule has 2 aromatic carbocycles. The van der Waals surface area contributed by atoms with Gasteiger partial charge in [-0.3, -0.25) is 4.79 Å². The number of anilines is 1. The summed E-state index contributed by atoms with van der Waals surface area (Å²) >= 11 is 6.06. The van der Waals surface area contributed by atoms with Crippen LogP contribution in [0.2, 0.25) is 5.02 Å². The predicted molar refractivity (Wildman–Crippen MR) is 110 cm³/mol. The molecule has 168 valence electrons. The number of benzene rings is 2. The molecule has 1 atom stereocenters. The molecule has 1 fully saturated rings. The van der Waals surface area contributed by atoms with Crippen LogP contribution in [0.3, 0.4) is 0 Å². The molecule has 11 heteroatoms. The van der Waals surface area contributed by atoms with E-state index in [4.69, 9.17) is 11.6 Å². The topological polar surface area (TPSA) is 70.9 Å². The lowest BCUT2D eigenvalue weighted by Crippen LogP contribution is -3.19. The van der Waals surface area contributed by atoms with Gasteiger partial charge < -0.3 is 10.2 Å². The van der Waals surface area contributed by atoms with Gasteiger partial charge in [-0.15, -0.1) is 0 Å². The van der Waals surface area contributed by atoms with Crippen molar-refractivity contribution >= 4 is 33.2 Å². The van der Waals surface area contributed by atoms with Gasteiger partial charge in [-0.25, -0.2) is 8.42 Å². The maximum absolute atomic E-state index is 12.9. The van der Waals surface area contributed by atoms with E-state index in [-0.39, 0.29) is 19.0 Å². The van der Waals surface area contributed by atoms with Crippen LogP contribution < -0.4 is 10.2 Å². The van der Waals surface area contributed by atoms with Crippen molar-refractivity contribution in [3.63, 3.8) is 0 Å². The number of carbonyl (C=O) groups is 1. The second-order valence-corrected chi connectivity index (χ2v) is 9.62. The number of halogens is 4. The minimum absolute atomic E-state index is 0.0949. The highest BCUT2D eigenvalue weighted by molar-refractivity contribution is 7.89. The van der Waals surface area contributed by atoms with Gasteiger partial charge in [-0.2, -0.15) is 17.5 Å². The van der Waals surface area contributed by atoms with Gasteiger partial charge in [-0.05, 0) is 37.3 Å². The summed E-state index contributed by atoms with van der Waals surface area (Å²) in [5.74, 6) is -0.253. The number of nitrogens with zero attached hydrogens (tertiary/aromatic N) is 1. The molecule has 0 aliphatic carbocycles. The van der Waals surface area contributed by atoms with Gasteiger partial charge in [0, 0.05) is 0 Å². The van der Waals surface area contributed by atoms with Crippen molar-refractivity contribution in [1.82, 2.24) is 4.31 Å².